The summed E-state index contributed by atoms with van der Waals surface area (Å²) in [6.45, 7) is 0. The van der Waals surface area contributed by atoms with Gasteiger partial charge in [0, 0.05) is 11.2 Å². The third kappa shape index (κ3) is 3.00. The Morgan fingerprint density at radius 2 is 2.19 bits per heavy atom. The number of amides is 1. The van der Waals surface area contributed by atoms with Crippen molar-refractivity contribution in [2.45, 2.75) is 0 Å². The highest BCUT2D eigenvalue weighted by Crippen LogP contribution is 2.26. The highest BCUT2D eigenvalue weighted by Gasteiger charge is 2.16. The smallest absolute Gasteiger partial charge is 0.261 e. The number of aromatic nitrogens is 4. The number of thiophene rings is 1. The van der Waals surface area contributed by atoms with Gasteiger partial charge in [-0.3, -0.25) is 10.1 Å². The summed E-state index contributed by atoms with van der Waals surface area (Å²) in [7, 11) is 1.48. The Labute approximate surface area is 157 Å². The highest BCUT2D eigenvalue weighted by atomic mass is 35.5. The molecule has 0 bridgehead atoms. The van der Waals surface area contributed by atoms with Crippen LogP contribution in [0.3, 0.4) is 0 Å². The lowest BCUT2D eigenvalue weighted by atomic mass is 10.2. The maximum Gasteiger partial charge on any atom is 0.261 e. The molecule has 4 rings (SSSR count). The second-order valence-electron chi connectivity index (χ2n) is 5.25. The number of rotatable bonds is 4. The van der Waals surface area contributed by atoms with Crippen molar-refractivity contribution in [2.24, 2.45) is 0 Å². The molecule has 1 N–H and O–H groups in total. The van der Waals surface area contributed by atoms with Gasteiger partial charge in [-0.05, 0) is 35.7 Å². The lowest BCUT2D eigenvalue weighted by molar-refractivity contribution is 0.102. The van der Waals surface area contributed by atoms with Gasteiger partial charge in [0.25, 0.3) is 17.6 Å². The molecule has 4 aromatic rings. The molecule has 0 aliphatic heterocycles. The number of hydrogen-bond acceptors (Lipinski definition) is 6. The van der Waals surface area contributed by atoms with E-state index in [1.165, 1.54) is 7.11 Å². The van der Waals surface area contributed by atoms with Crippen molar-refractivity contribution in [3.63, 3.8) is 0 Å². The van der Waals surface area contributed by atoms with Crippen LogP contribution in [-0.2, 0) is 0 Å². The van der Waals surface area contributed by atoms with Crippen LogP contribution in [0, 0.1) is 0 Å². The number of carbonyl (C=O) groups is 1. The molecule has 0 saturated carbocycles. The minimum atomic E-state index is -0.396. The topological polar surface area (TPSA) is 81.4 Å². The summed E-state index contributed by atoms with van der Waals surface area (Å²) in [4.78, 5) is 22.0. The molecule has 0 spiro atoms. The molecule has 1 amide bonds. The van der Waals surface area contributed by atoms with E-state index in [0.29, 0.717) is 22.1 Å². The monoisotopic (exact) mass is 385 g/mol. The lowest BCUT2D eigenvalue weighted by Crippen LogP contribution is -2.14. The zero-order valence-corrected chi connectivity index (χ0v) is 15.1. The second kappa shape index (κ2) is 6.74. The summed E-state index contributed by atoms with van der Waals surface area (Å²) in [5.41, 5.74) is 1.18. The van der Waals surface area contributed by atoms with Crippen LogP contribution in [0.15, 0.2) is 48.0 Å². The number of hydrogen-bond donors (Lipinski definition) is 1. The van der Waals surface area contributed by atoms with E-state index >= 15 is 0 Å². The van der Waals surface area contributed by atoms with Gasteiger partial charge in [-0.25, -0.2) is 4.98 Å². The van der Waals surface area contributed by atoms with E-state index in [4.69, 9.17) is 16.3 Å². The number of halogens is 1. The molecule has 7 nitrogen and oxygen atoms in total. The van der Waals surface area contributed by atoms with Crippen molar-refractivity contribution in [1.29, 1.82) is 0 Å². The van der Waals surface area contributed by atoms with Crippen LogP contribution >= 0.6 is 22.9 Å². The fourth-order valence-electron chi connectivity index (χ4n) is 2.48. The molecular formula is C17H12ClN5O2S. The molecule has 9 heteroatoms. The van der Waals surface area contributed by atoms with Gasteiger partial charge in [0.2, 0.25) is 0 Å². The summed E-state index contributed by atoms with van der Waals surface area (Å²) in [6, 6.07) is 10.6. The molecule has 0 aliphatic carbocycles. The van der Waals surface area contributed by atoms with Crippen molar-refractivity contribution < 1.29 is 9.53 Å². The average molecular weight is 386 g/mol. The minimum absolute atomic E-state index is 0.156. The first kappa shape index (κ1) is 16.5. The number of nitrogens with one attached hydrogen (secondary N) is 1. The standard InChI is InChI=1S/C17H12ClN5O2S/c1-25-13-9-10(18)4-5-11(13)15(24)20-16-21-17-19-7-6-12(23(17)22-16)14-3-2-8-26-14/h2-9H,1H3,(H,20,22,24). The van der Waals surface area contributed by atoms with Crippen LogP contribution in [0.25, 0.3) is 16.3 Å². The van der Waals surface area contributed by atoms with Gasteiger partial charge in [0.05, 0.1) is 23.2 Å². The molecule has 0 atom stereocenters. The van der Waals surface area contributed by atoms with Crippen molar-refractivity contribution in [2.75, 3.05) is 12.4 Å². The van der Waals surface area contributed by atoms with Gasteiger partial charge in [-0.2, -0.15) is 9.50 Å². The summed E-state index contributed by atoms with van der Waals surface area (Å²) >= 11 is 7.52. The predicted octanol–water partition coefficient (Wildman–Crippen LogP) is 3.77. The van der Waals surface area contributed by atoms with E-state index in [1.54, 1.807) is 40.2 Å². The van der Waals surface area contributed by atoms with Crippen molar-refractivity contribution >= 4 is 40.6 Å². The van der Waals surface area contributed by atoms with Gasteiger partial charge in [-0.1, -0.05) is 17.7 Å². The number of ether oxygens (including phenoxy) is 1. The molecule has 0 fully saturated rings. The maximum absolute atomic E-state index is 12.6. The third-order valence-corrected chi connectivity index (χ3v) is 4.78. The fourth-order valence-corrected chi connectivity index (χ4v) is 3.38. The SMILES string of the molecule is COc1cc(Cl)ccc1C(=O)Nc1nc2nccc(-c3cccs3)n2n1. The van der Waals surface area contributed by atoms with Gasteiger partial charge in [0.15, 0.2) is 0 Å². The van der Waals surface area contributed by atoms with Gasteiger partial charge in [-0.15, -0.1) is 16.4 Å². The summed E-state index contributed by atoms with van der Waals surface area (Å²) in [5.74, 6) is 0.529. The van der Waals surface area contributed by atoms with Crippen molar-refractivity contribution in [3.05, 3.63) is 58.6 Å². The Kier molecular flexibility index (Phi) is 4.27. The normalized spacial score (nSPS) is 10.8. The predicted molar refractivity (Wildman–Crippen MR) is 100 cm³/mol. The van der Waals surface area contributed by atoms with Crippen LogP contribution in [0.2, 0.25) is 5.02 Å². The lowest BCUT2D eigenvalue weighted by Gasteiger charge is -2.07. The molecule has 1 aromatic carbocycles. The second-order valence-corrected chi connectivity index (χ2v) is 6.64. The first-order chi connectivity index (χ1) is 12.7. The Bertz CT molecular complexity index is 1090. The Morgan fingerprint density at radius 1 is 1.31 bits per heavy atom. The van der Waals surface area contributed by atoms with Gasteiger partial charge >= 0.3 is 0 Å². The molecule has 0 radical (unpaired) electrons. The number of methoxy groups -OCH3 is 1. The fraction of sp³-hybridized carbons (Fsp3) is 0.0588. The highest BCUT2D eigenvalue weighted by molar-refractivity contribution is 7.13. The number of nitrogens with zero attached hydrogens (tertiary/aromatic N) is 4. The van der Waals surface area contributed by atoms with E-state index in [9.17, 15) is 4.79 Å². The minimum Gasteiger partial charge on any atom is -0.496 e. The third-order valence-electron chi connectivity index (χ3n) is 3.65. The first-order valence-corrected chi connectivity index (χ1v) is 8.82. The van der Waals surface area contributed by atoms with Crippen LogP contribution in [0.4, 0.5) is 5.95 Å². The first-order valence-electron chi connectivity index (χ1n) is 7.56. The van der Waals surface area contributed by atoms with Crippen LogP contribution in [-0.4, -0.2) is 32.6 Å². The number of fused-ring (bicyclic) bond motifs is 1. The zero-order valence-electron chi connectivity index (χ0n) is 13.5. The molecule has 0 unspecified atom stereocenters. The van der Waals surface area contributed by atoms with E-state index in [0.717, 1.165) is 10.6 Å². The molecule has 130 valence electrons. The quantitative estimate of drug-likeness (QED) is 0.578. The average Bonchev–Trinajstić information content (AvgIpc) is 3.30. The maximum atomic E-state index is 12.6. The van der Waals surface area contributed by atoms with Crippen molar-refractivity contribution in [1.82, 2.24) is 19.6 Å². The van der Waals surface area contributed by atoms with Crippen LogP contribution in [0.5, 0.6) is 5.75 Å². The van der Waals surface area contributed by atoms with E-state index in [2.05, 4.69) is 20.4 Å². The Balaban J connectivity index is 1.68. The van der Waals surface area contributed by atoms with E-state index in [-0.39, 0.29) is 5.95 Å². The summed E-state index contributed by atoms with van der Waals surface area (Å²) < 4.78 is 6.81. The van der Waals surface area contributed by atoms with E-state index in [1.807, 2.05) is 23.6 Å². The number of anilines is 1. The molecule has 3 aromatic heterocycles. The van der Waals surface area contributed by atoms with Crippen LogP contribution < -0.4 is 10.1 Å². The molecular weight excluding hydrogens is 374 g/mol. The van der Waals surface area contributed by atoms with Crippen molar-refractivity contribution in [3.8, 4) is 16.3 Å². The number of carbonyl (C=O) groups excluding carboxylic acids is 1. The van der Waals surface area contributed by atoms with Gasteiger partial charge < -0.3 is 4.74 Å². The molecule has 0 aliphatic rings. The summed E-state index contributed by atoms with van der Waals surface area (Å²) in [5, 5.41) is 9.49. The van der Waals surface area contributed by atoms with Gasteiger partial charge in [0.1, 0.15) is 5.75 Å². The zero-order chi connectivity index (χ0) is 18.1. The molecule has 0 saturated heterocycles. The largest absolute Gasteiger partial charge is 0.496 e. The van der Waals surface area contributed by atoms with Crippen LogP contribution in [0.1, 0.15) is 10.4 Å². The summed E-state index contributed by atoms with van der Waals surface area (Å²) in [6.07, 6.45) is 1.66. The Morgan fingerprint density at radius 3 is 2.96 bits per heavy atom. The molecule has 3 heterocycles. The Hall–Kier alpha value is -2.97. The number of benzene rings is 1. The van der Waals surface area contributed by atoms with E-state index < -0.39 is 5.91 Å². The molecule has 26 heavy (non-hydrogen) atoms.